The molecule has 0 spiro atoms. The van der Waals surface area contributed by atoms with Crippen molar-refractivity contribution in [2.45, 2.75) is 31.7 Å². The molecule has 1 N–H and O–H groups in total. The Morgan fingerprint density at radius 2 is 1.89 bits per heavy atom. The van der Waals surface area contributed by atoms with Gasteiger partial charge in [0.2, 0.25) is 0 Å². The van der Waals surface area contributed by atoms with Crippen molar-refractivity contribution in [3.05, 3.63) is 24.3 Å². The fourth-order valence-electron chi connectivity index (χ4n) is 2.76. The third-order valence-corrected chi connectivity index (χ3v) is 3.85. The van der Waals surface area contributed by atoms with E-state index in [2.05, 4.69) is 12.4 Å². The fourth-order valence-corrected chi connectivity index (χ4v) is 2.76. The normalized spacial score (nSPS) is 23.0. The second kappa shape index (κ2) is 6.64. The Kier molecular flexibility index (Phi) is 4.88. The highest BCUT2D eigenvalue weighted by Gasteiger charge is 2.25. The summed E-state index contributed by atoms with van der Waals surface area (Å²) >= 11 is 0. The van der Waals surface area contributed by atoms with Crippen molar-refractivity contribution in [2.75, 3.05) is 20.8 Å². The first-order valence-electron chi connectivity index (χ1n) is 6.77. The molecule has 0 bridgehead atoms. The molecule has 1 fully saturated rings. The third-order valence-electron chi connectivity index (χ3n) is 3.85. The number of methoxy groups -OCH3 is 1. The third kappa shape index (κ3) is 3.39. The lowest BCUT2D eigenvalue weighted by atomic mass is 10.0. The van der Waals surface area contributed by atoms with E-state index in [0.29, 0.717) is 6.04 Å². The van der Waals surface area contributed by atoms with Gasteiger partial charge in [0.25, 0.3) is 0 Å². The Balaban J connectivity index is 1.74. The van der Waals surface area contributed by atoms with Crippen LogP contribution in [0.4, 0.5) is 0 Å². The van der Waals surface area contributed by atoms with Crippen molar-refractivity contribution in [3.8, 4) is 11.5 Å². The molecule has 2 unspecified atom stereocenters. The van der Waals surface area contributed by atoms with E-state index in [0.717, 1.165) is 30.4 Å². The fraction of sp³-hybridized carbons (Fsp3) is 0.600. The highest BCUT2D eigenvalue weighted by molar-refractivity contribution is 5.31. The Morgan fingerprint density at radius 3 is 2.56 bits per heavy atom. The first-order valence-corrected chi connectivity index (χ1v) is 6.77. The molecule has 1 aliphatic rings. The van der Waals surface area contributed by atoms with Gasteiger partial charge in [-0.1, -0.05) is 6.42 Å². The standard InChI is InChI=1S/C15H23NO2/c1-16-15-5-3-4-12(15)10-11-18-14-8-6-13(17-2)7-9-14/h6-9,12,15-16H,3-5,10-11H2,1-2H3. The number of nitrogens with one attached hydrogen (secondary N) is 1. The van der Waals surface area contributed by atoms with Crippen LogP contribution >= 0.6 is 0 Å². The molecule has 0 saturated heterocycles. The summed E-state index contributed by atoms with van der Waals surface area (Å²) in [4.78, 5) is 0. The molecule has 1 aromatic rings. The predicted octanol–water partition coefficient (Wildman–Crippen LogP) is 2.85. The molecule has 3 nitrogen and oxygen atoms in total. The summed E-state index contributed by atoms with van der Waals surface area (Å²) in [6.45, 7) is 0.801. The Bertz CT molecular complexity index is 350. The largest absolute Gasteiger partial charge is 0.497 e. The minimum atomic E-state index is 0.685. The molecule has 1 aromatic carbocycles. The Morgan fingerprint density at radius 1 is 1.17 bits per heavy atom. The molecular weight excluding hydrogens is 226 g/mol. The molecule has 1 saturated carbocycles. The molecule has 100 valence electrons. The summed E-state index contributed by atoms with van der Waals surface area (Å²) in [7, 11) is 3.74. The van der Waals surface area contributed by atoms with Gasteiger partial charge in [0, 0.05) is 6.04 Å². The average Bonchev–Trinajstić information content (AvgIpc) is 2.87. The van der Waals surface area contributed by atoms with Crippen LogP contribution in [0.2, 0.25) is 0 Å². The van der Waals surface area contributed by atoms with Gasteiger partial charge in [0.05, 0.1) is 13.7 Å². The zero-order valence-electron chi connectivity index (χ0n) is 11.3. The molecule has 0 radical (unpaired) electrons. The molecule has 3 heteroatoms. The molecule has 2 rings (SSSR count). The zero-order chi connectivity index (χ0) is 12.8. The van der Waals surface area contributed by atoms with Crippen LogP contribution < -0.4 is 14.8 Å². The van der Waals surface area contributed by atoms with Gasteiger partial charge in [-0.25, -0.2) is 0 Å². The van der Waals surface area contributed by atoms with E-state index in [4.69, 9.17) is 9.47 Å². The molecule has 1 aliphatic carbocycles. The van der Waals surface area contributed by atoms with E-state index in [1.54, 1.807) is 7.11 Å². The molecule has 0 aromatic heterocycles. The van der Waals surface area contributed by atoms with Gasteiger partial charge in [-0.2, -0.15) is 0 Å². The van der Waals surface area contributed by atoms with Crippen LogP contribution in [0.15, 0.2) is 24.3 Å². The number of benzene rings is 1. The molecule has 0 amide bonds. The van der Waals surface area contributed by atoms with E-state index in [-0.39, 0.29) is 0 Å². The van der Waals surface area contributed by atoms with Gasteiger partial charge in [0.15, 0.2) is 0 Å². The zero-order valence-corrected chi connectivity index (χ0v) is 11.3. The lowest BCUT2D eigenvalue weighted by Gasteiger charge is -2.18. The first-order chi connectivity index (χ1) is 8.83. The van der Waals surface area contributed by atoms with E-state index < -0.39 is 0 Å². The monoisotopic (exact) mass is 249 g/mol. The van der Waals surface area contributed by atoms with E-state index in [9.17, 15) is 0 Å². The number of hydrogen-bond donors (Lipinski definition) is 1. The first kappa shape index (κ1) is 13.2. The molecule has 0 heterocycles. The molecule has 2 atom stereocenters. The second-order valence-electron chi connectivity index (χ2n) is 4.90. The quantitative estimate of drug-likeness (QED) is 0.841. The topological polar surface area (TPSA) is 30.5 Å². The lowest BCUT2D eigenvalue weighted by molar-refractivity contribution is 0.263. The van der Waals surface area contributed by atoms with Crippen molar-refractivity contribution in [2.24, 2.45) is 5.92 Å². The maximum Gasteiger partial charge on any atom is 0.119 e. The predicted molar refractivity (Wildman–Crippen MR) is 73.3 cm³/mol. The van der Waals surface area contributed by atoms with Crippen LogP contribution in [0.5, 0.6) is 11.5 Å². The summed E-state index contributed by atoms with van der Waals surface area (Å²) in [5, 5.41) is 3.41. The maximum atomic E-state index is 5.78. The lowest BCUT2D eigenvalue weighted by Crippen LogP contribution is -2.29. The summed E-state index contributed by atoms with van der Waals surface area (Å²) < 4.78 is 10.9. The van der Waals surface area contributed by atoms with Crippen molar-refractivity contribution < 1.29 is 9.47 Å². The smallest absolute Gasteiger partial charge is 0.119 e. The maximum absolute atomic E-state index is 5.78. The summed E-state index contributed by atoms with van der Waals surface area (Å²) in [6.07, 6.45) is 5.12. The van der Waals surface area contributed by atoms with E-state index >= 15 is 0 Å². The highest BCUT2D eigenvalue weighted by atomic mass is 16.5. The van der Waals surface area contributed by atoms with Gasteiger partial charge in [-0.05, 0) is 56.5 Å². The van der Waals surface area contributed by atoms with Gasteiger partial charge in [-0.3, -0.25) is 0 Å². The van der Waals surface area contributed by atoms with Crippen LogP contribution in [0.1, 0.15) is 25.7 Å². The van der Waals surface area contributed by atoms with Gasteiger partial charge in [0.1, 0.15) is 11.5 Å². The number of ether oxygens (including phenoxy) is 2. The van der Waals surface area contributed by atoms with Crippen LogP contribution in [-0.2, 0) is 0 Å². The highest BCUT2D eigenvalue weighted by Crippen LogP contribution is 2.28. The van der Waals surface area contributed by atoms with Crippen molar-refractivity contribution in [1.29, 1.82) is 0 Å². The van der Waals surface area contributed by atoms with E-state index in [1.807, 2.05) is 24.3 Å². The number of hydrogen-bond acceptors (Lipinski definition) is 3. The van der Waals surface area contributed by atoms with E-state index in [1.165, 1.54) is 19.3 Å². The van der Waals surface area contributed by atoms with Crippen LogP contribution in [0.3, 0.4) is 0 Å². The van der Waals surface area contributed by atoms with Crippen LogP contribution in [0.25, 0.3) is 0 Å². The number of rotatable bonds is 6. The Labute approximate surface area is 109 Å². The van der Waals surface area contributed by atoms with Gasteiger partial charge >= 0.3 is 0 Å². The summed E-state index contributed by atoms with van der Waals surface area (Å²) in [5.74, 6) is 2.57. The minimum absolute atomic E-state index is 0.685. The molecular formula is C15H23NO2. The van der Waals surface area contributed by atoms with Crippen LogP contribution in [-0.4, -0.2) is 26.8 Å². The minimum Gasteiger partial charge on any atom is -0.497 e. The SMILES string of the molecule is CNC1CCCC1CCOc1ccc(OC)cc1. The molecule has 18 heavy (non-hydrogen) atoms. The van der Waals surface area contributed by atoms with Gasteiger partial charge in [-0.15, -0.1) is 0 Å². The van der Waals surface area contributed by atoms with Gasteiger partial charge < -0.3 is 14.8 Å². The molecule has 0 aliphatic heterocycles. The van der Waals surface area contributed by atoms with Crippen molar-refractivity contribution >= 4 is 0 Å². The average molecular weight is 249 g/mol. The Hall–Kier alpha value is -1.22. The summed E-state index contributed by atoms with van der Waals surface area (Å²) in [5.41, 5.74) is 0. The summed E-state index contributed by atoms with van der Waals surface area (Å²) in [6, 6.07) is 8.47. The van der Waals surface area contributed by atoms with Crippen LogP contribution in [0, 0.1) is 5.92 Å². The second-order valence-corrected chi connectivity index (χ2v) is 4.90. The van der Waals surface area contributed by atoms with Crippen molar-refractivity contribution in [1.82, 2.24) is 5.32 Å². The van der Waals surface area contributed by atoms with Crippen molar-refractivity contribution in [3.63, 3.8) is 0 Å².